The van der Waals surface area contributed by atoms with E-state index in [1.165, 1.54) is 54.6 Å². The van der Waals surface area contributed by atoms with Gasteiger partial charge in [0, 0.05) is 12.1 Å². The van der Waals surface area contributed by atoms with Gasteiger partial charge in [0.05, 0.1) is 9.95 Å². The lowest BCUT2D eigenvalue weighted by Crippen LogP contribution is -2.10. The van der Waals surface area contributed by atoms with Gasteiger partial charge in [-0.25, -0.2) is 4.39 Å². The van der Waals surface area contributed by atoms with E-state index in [0.29, 0.717) is 5.56 Å². The molecule has 0 aromatic heterocycles. The molecule has 0 saturated heterocycles. The topological polar surface area (TPSA) is 95.7 Å². The molecule has 0 heterocycles. The largest absolute Gasteiger partial charge is 0.487 e. The van der Waals surface area contributed by atoms with Crippen molar-refractivity contribution >= 4 is 27.4 Å². The predicted octanol–water partition coefficient (Wildman–Crippen LogP) is 4.73. The quantitative estimate of drug-likeness (QED) is 0.301. The van der Waals surface area contributed by atoms with Crippen molar-refractivity contribution in [2.24, 2.45) is 0 Å². The van der Waals surface area contributed by atoms with Crippen molar-refractivity contribution in [2.45, 2.75) is 11.5 Å². The number of nitro groups is 1. The Balaban J connectivity index is 1.67. The molecule has 0 N–H and O–H groups in total. The molecule has 3 rings (SSSR count). The molecule has 0 amide bonds. The maximum Gasteiger partial charge on any atom is 0.339 e. The number of rotatable bonds is 7. The Morgan fingerprint density at radius 1 is 1.00 bits per heavy atom. The number of halogens is 2. The van der Waals surface area contributed by atoms with Crippen LogP contribution in [0.25, 0.3) is 0 Å². The second kappa shape index (κ2) is 8.46. The number of nitrogens with zero attached hydrogens (tertiary/aromatic N) is 1. The summed E-state index contributed by atoms with van der Waals surface area (Å²) in [6.07, 6.45) is 0. The van der Waals surface area contributed by atoms with Gasteiger partial charge in [0.25, 0.3) is 5.69 Å². The Morgan fingerprint density at radius 3 is 2.24 bits per heavy atom. The van der Waals surface area contributed by atoms with Gasteiger partial charge >= 0.3 is 10.1 Å². The van der Waals surface area contributed by atoms with E-state index in [0.717, 1.165) is 12.1 Å². The molecule has 0 saturated carbocycles. The summed E-state index contributed by atoms with van der Waals surface area (Å²) in [7, 11) is -4.08. The van der Waals surface area contributed by atoms with E-state index in [4.69, 9.17) is 20.5 Å². The molecule has 0 spiro atoms. The Labute approximate surface area is 170 Å². The predicted molar refractivity (Wildman–Crippen MR) is 103 cm³/mol. The van der Waals surface area contributed by atoms with Gasteiger partial charge in [-0.2, -0.15) is 8.42 Å². The van der Waals surface area contributed by atoms with Crippen LogP contribution in [0.1, 0.15) is 5.56 Å². The molecule has 0 bridgehead atoms. The first-order chi connectivity index (χ1) is 13.7. The van der Waals surface area contributed by atoms with Crippen molar-refractivity contribution in [1.82, 2.24) is 0 Å². The van der Waals surface area contributed by atoms with Crippen LogP contribution in [0.15, 0.2) is 71.6 Å². The fourth-order valence-corrected chi connectivity index (χ4v) is 3.46. The summed E-state index contributed by atoms with van der Waals surface area (Å²) in [6.45, 7) is 0.0661. The van der Waals surface area contributed by atoms with Gasteiger partial charge in [0.1, 0.15) is 28.8 Å². The highest BCUT2D eigenvalue weighted by atomic mass is 35.5. The zero-order valence-electron chi connectivity index (χ0n) is 14.6. The van der Waals surface area contributed by atoms with Crippen LogP contribution in [-0.4, -0.2) is 13.3 Å². The zero-order valence-corrected chi connectivity index (χ0v) is 16.2. The summed E-state index contributed by atoms with van der Waals surface area (Å²) in [5.41, 5.74) is 0.484. The molecule has 7 nitrogen and oxygen atoms in total. The van der Waals surface area contributed by atoms with Crippen LogP contribution in [0.4, 0.5) is 10.1 Å². The summed E-state index contributed by atoms with van der Waals surface area (Å²) in [5, 5.41) is 10.8. The Hall–Kier alpha value is -3.17. The maximum atomic E-state index is 12.9. The Bertz CT molecular complexity index is 1130. The van der Waals surface area contributed by atoms with Gasteiger partial charge in [-0.05, 0) is 48.0 Å². The third-order valence-corrected chi connectivity index (χ3v) is 5.31. The average Bonchev–Trinajstić information content (AvgIpc) is 2.69. The summed E-state index contributed by atoms with van der Waals surface area (Å²) in [6, 6.07) is 14.2. The molecule has 0 radical (unpaired) electrons. The van der Waals surface area contributed by atoms with Crippen molar-refractivity contribution in [3.8, 4) is 11.5 Å². The number of benzene rings is 3. The number of hydrogen-bond acceptors (Lipinski definition) is 6. The van der Waals surface area contributed by atoms with Crippen molar-refractivity contribution in [2.75, 3.05) is 0 Å². The summed E-state index contributed by atoms with van der Waals surface area (Å²) < 4.78 is 48.0. The molecule has 0 aliphatic rings. The van der Waals surface area contributed by atoms with Gasteiger partial charge in [-0.3, -0.25) is 10.1 Å². The molecule has 0 atom stereocenters. The maximum absolute atomic E-state index is 12.9. The van der Waals surface area contributed by atoms with Gasteiger partial charge in [0.15, 0.2) is 0 Å². The highest BCUT2D eigenvalue weighted by Crippen LogP contribution is 2.29. The van der Waals surface area contributed by atoms with Gasteiger partial charge in [0.2, 0.25) is 0 Å². The number of non-ortho nitro benzene ring substituents is 1. The summed E-state index contributed by atoms with van der Waals surface area (Å²) in [4.78, 5) is 10.1. The van der Waals surface area contributed by atoms with Crippen molar-refractivity contribution < 1.29 is 26.7 Å². The van der Waals surface area contributed by atoms with Crippen molar-refractivity contribution in [3.63, 3.8) is 0 Å². The molecule has 0 aliphatic heterocycles. The van der Waals surface area contributed by atoms with E-state index in [1.807, 2.05) is 0 Å². The van der Waals surface area contributed by atoms with Crippen LogP contribution in [0.5, 0.6) is 11.5 Å². The van der Waals surface area contributed by atoms with E-state index in [-0.39, 0.29) is 33.7 Å². The van der Waals surface area contributed by atoms with Crippen LogP contribution in [-0.2, 0) is 16.7 Å². The molecule has 10 heteroatoms. The second-order valence-corrected chi connectivity index (χ2v) is 7.75. The fourth-order valence-electron chi connectivity index (χ4n) is 2.30. The molecule has 3 aromatic carbocycles. The smallest absolute Gasteiger partial charge is 0.339 e. The number of nitro benzene ring substituents is 1. The van der Waals surface area contributed by atoms with Gasteiger partial charge in [-0.15, -0.1) is 0 Å². The van der Waals surface area contributed by atoms with Crippen LogP contribution in [0.2, 0.25) is 5.02 Å². The van der Waals surface area contributed by atoms with Crippen LogP contribution in [0.3, 0.4) is 0 Å². The molecule has 29 heavy (non-hydrogen) atoms. The van der Waals surface area contributed by atoms with E-state index in [9.17, 15) is 22.9 Å². The molecule has 0 fully saturated rings. The second-order valence-electron chi connectivity index (χ2n) is 5.80. The highest BCUT2D eigenvalue weighted by molar-refractivity contribution is 7.87. The summed E-state index contributed by atoms with van der Waals surface area (Å²) in [5.74, 6) is -0.257. The Kier molecular flexibility index (Phi) is 6.00. The summed E-state index contributed by atoms with van der Waals surface area (Å²) >= 11 is 5.96. The van der Waals surface area contributed by atoms with E-state index >= 15 is 0 Å². The first kappa shape index (κ1) is 20.6. The van der Waals surface area contributed by atoms with E-state index in [2.05, 4.69) is 0 Å². The third kappa shape index (κ3) is 5.21. The SMILES string of the molecule is O=[N+]([O-])c1ccc(OCc2ccc(S(=O)(=O)Oc3ccc(F)cc3)cc2)c(Cl)c1. The normalized spacial score (nSPS) is 11.1. The molecular weight excluding hydrogens is 425 g/mol. The third-order valence-electron chi connectivity index (χ3n) is 3.75. The standard InChI is InChI=1S/C19H13ClFNO6S/c20-18-11-15(22(23)24)5-10-19(18)27-12-13-1-8-17(9-2-13)29(25,26)28-16-6-3-14(21)4-7-16/h1-11H,12H2. The Morgan fingerprint density at radius 2 is 1.66 bits per heavy atom. The fraction of sp³-hybridized carbons (Fsp3) is 0.0526. The lowest BCUT2D eigenvalue weighted by atomic mass is 10.2. The van der Waals surface area contributed by atoms with E-state index in [1.54, 1.807) is 0 Å². The van der Waals surface area contributed by atoms with Gasteiger partial charge in [-0.1, -0.05) is 23.7 Å². The van der Waals surface area contributed by atoms with Crippen LogP contribution in [0, 0.1) is 15.9 Å². The minimum Gasteiger partial charge on any atom is -0.487 e. The van der Waals surface area contributed by atoms with Crippen LogP contribution < -0.4 is 8.92 Å². The molecule has 0 aliphatic carbocycles. The zero-order chi connectivity index (χ0) is 21.0. The van der Waals surface area contributed by atoms with Crippen LogP contribution >= 0.6 is 11.6 Å². The molecule has 150 valence electrons. The number of hydrogen-bond donors (Lipinski definition) is 0. The first-order valence-electron chi connectivity index (χ1n) is 8.10. The first-order valence-corrected chi connectivity index (χ1v) is 9.89. The average molecular weight is 438 g/mol. The lowest BCUT2D eigenvalue weighted by molar-refractivity contribution is -0.384. The van der Waals surface area contributed by atoms with Crippen molar-refractivity contribution in [1.29, 1.82) is 0 Å². The van der Waals surface area contributed by atoms with Crippen molar-refractivity contribution in [3.05, 3.63) is 93.2 Å². The minimum atomic E-state index is -4.08. The monoisotopic (exact) mass is 437 g/mol. The highest BCUT2D eigenvalue weighted by Gasteiger charge is 2.17. The van der Waals surface area contributed by atoms with Gasteiger partial charge < -0.3 is 8.92 Å². The molecule has 3 aromatic rings. The minimum absolute atomic E-state index is 0.00776. The number of ether oxygens (including phenoxy) is 1. The lowest BCUT2D eigenvalue weighted by Gasteiger charge is -2.10. The molecular formula is C19H13ClFNO6S. The molecule has 0 unspecified atom stereocenters. The van der Waals surface area contributed by atoms with E-state index < -0.39 is 20.9 Å².